The lowest BCUT2D eigenvalue weighted by atomic mass is 10.2. The van der Waals surface area contributed by atoms with Gasteiger partial charge in [0.2, 0.25) is 5.88 Å². The lowest BCUT2D eigenvalue weighted by molar-refractivity contribution is 0.398. The van der Waals surface area contributed by atoms with E-state index in [9.17, 15) is 5.26 Å². The van der Waals surface area contributed by atoms with Crippen molar-refractivity contribution in [3.63, 3.8) is 0 Å². The second-order valence-corrected chi connectivity index (χ2v) is 5.56. The molecule has 0 radical (unpaired) electrons. The molecular formula is C20H14N4O2. The minimum absolute atomic E-state index is 0.398. The van der Waals surface area contributed by atoms with E-state index in [-0.39, 0.29) is 0 Å². The van der Waals surface area contributed by atoms with Gasteiger partial charge in [-0.15, -0.1) is 0 Å². The van der Waals surface area contributed by atoms with Crippen LogP contribution in [0.4, 0.5) is 0 Å². The van der Waals surface area contributed by atoms with Gasteiger partial charge in [0.15, 0.2) is 0 Å². The van der Waals surface area contributed by atoms with Gasteiger partial charge in [-0.3, -0.25) is 0 Å². The Labute approximate surface area is 149 Å². The third kappa shape index (κ3) is 2.94. The summed E-state index contributed by atoms with van der Waals surface area (Å²) >= 11 is 0. The number of H-pyrrole nitrogens is 1. The van der Waals surface area contributed by atoms with Gasteiger partial charge in [0.1, 0.15) is 23.4 Å². The van der Waals surface area contributed by atoms with Gasteiger partial charge in [0.05, 0.1) is 23.7 Å². The molecule has 0 fully saturated rings. The van der Waals surface area contributed by atoms with Crippen LogP contribution in [-0.4, -0.2) is 22.1 Å². The molecule has 0 atom stereocenters. The number of methoxy groups -OCH3 is 1. The predicted octanol–water partition coefficient (Wildman–Crippen LogP) is 4.29. The number of aromatic nitrogens is 3. The Balaban J connectivity index is 1.66. The van der Waals surface area contributed by atoms with E-state index in [4.69, 9.17) is 9.15 Å². The van der Waals surface area contributed by atoms with Crippen LogP contribution >= 0.6 is 0 Å². The minimum atomic E-state index is 0.398. The predicted molar refractivity (Wildman–Crippen MR) is 98.1 cm³/mol. The first-order valence-electron chi connectivity index (χ1n) is 7.94. The first-order chi connectivity index (χ1) is 12.8. The Morgan fingerprint density at radius 1 is 1.19 bits per heavy atom. The molecule has 1 N–H and O–H groups in total. The SMILES string of the molecule is COc1ccc(-c2ccc(/C=C(\C#N)c3nc4ccccc4[nH]3)o2)cn1. The number of hydrogen-bond donors (Lipinski definition) is 1. The number of pyridine rings is 1. The van der Waals surface area contributed by atoms with Crippen molar-refractivity contribution in [3.8, 4) is 23.3 Å². The topological polar surface area (TPSA) is 87.7 Å². The Bertz CT molecular complexity index is 1100. The lowest BCUT2D eigenvalue weighted by Crippen LogP contribution is -1.86. The van der Waals surface area contributed by atoms with Crippen molar-refractivity contribution in [1.29, 1.82) is 5.26 Å². The number of aromatic amines is 1. The smallest absolute Gasteiger partial charge is 0.212 e. The molecule has 26 heavy (non-hydrogen) atoms. The molecule has 3 aromatic heterocycles. The van der Waals surface area contributed by atoms with Crippen molar-refractivity contribution in [2.75, 3.05) is 7.11 Å². The van der Waals surface area contributed by atoms with E-state index in [1.165, 1.54) is 0 Å². The molecule has 3 heterocycles. The van der Waals surface area contributed by atoms with Crippen LogP contribution in [0.3, 0.4) is 0 Å². The van der Waals surface area contributed by atoms with E-state index < -0.39 is 0 Å². The van der Waals surface area contributed by atoms with Crippen LogP contribution in [-0.2, 0) is 0 Å². The average Bonchev–Trinajstić information content (AvgIpc) is 3.33. The summed E-state index contributed by atoms with van der Waals surface area (Å²) in [5.41, 5.74) is 2.92. The zero-order valence-corrected chi connectivity index (χ0v) is 13.9. The Hall–Kier alpha value is -3.85. The molecule has 126 valence electrons. The maximum absolute atomic E-state index is 9.50. The molecule has 6 nitrogen and oxygen atoms in total. The highest BCUT2D eigenvalue weighted by Gasteiger charge is 2.10. The molecular weight excluding hydrogens is 328 g/mol. The van der Waals surface area contributed by atoms with Crippen LogP contribution in [0.1, 0.15) is 11.6 Å². The Kier molecular flexibility index (Phi) is 3.96. The lowest BCUT2D eigenvalue weighted by Gasteiger charge is -1.99. The van der Waals surface area contributed by atoms with Gasteiger partial charge >= 0.3 is 0 Å². The van der Waals surface area contributed by atoms with E-state index >= 15 is 0 Å². The first-order valence-corrected chi connectivity index (χ1v) is 7.94. The number of nitrogens with one attached hydrogen (secondary N) is 1. The molecule has 0 unspecified atom stereocenters. The molecule has 0 saturated heterocycles. The van der Waals surface area contributed by atoms with E-state index in [2.05, 4.69) is 21.0 Å². The van der Waals surface area contributed by atoms with Crippen molar-refractivity contribution < 1.29 is 9.15 Å². The molecule has 0 aliphatic rings. The number of para-hydroxylation sites is 2. The number of fused-ring (bicyclic) bond motifs is 1. The van der Waals surface area contributed by atoms with Crippen molar-refractivity contribution in [1.82, 2.24) is 15.0 Å². The number of rotatable bonds is 4. The molecule has 4 aromatic rings. The summed E-state index contributed by atoms with van der Waals surface area (Å²) in [6.07, 6.45) is 3.34. The van der Waals surface area contributed by atoms with Crippen LogP contribution in [0.25, 0.3) is 34.0 Å². The number of hydrogen-bond acceptors (Lipinski definition) is 5. The quantitative estimate of drug-likeness (QED) is 0.559. The number of imidazole rings is 1. The minimum Gasteiger partial charge on any atom is -0.481 e. The molecule has 0 amide bonds. The largest absolute Gasteiger partial charge is 0.481 e. The number of allylic oxidation sites excluding steroid dienone is 1. The third-order valence-electron chi connectivity index (χ3n) is 3.91. The fourth-order valence-corrected chi connectivity index (χ4v) is 2.61. The fourth-order valence-electron chi connectivity index (χ4n) is 2.61. The van der Waals surface area contributed by atoms with Crippen molar-refractivity contribution in [2.45, 2.75) is 0 Å². The summed E-state index contributed by atoms with van der Waals surface area (Å²) in [6, 6.07) is 17.1. The van der Waals surface area contributed by atoms with Gasteiger partial charge in [-0.25, -0.2) is 9.97 Å². The third-order valence-corrected chi connectivity index (χ3v) is 3.91. The van der Waals surface area contributed by atoms with Crippen LogP contribution in [0.5, 0.6) is 5.88 Å². The average molecular weight is 342 g/mol. The van der Waals surface area contributed by atoms with Crippen LogP contribution in [0.15, 0.2) is 59.1 Å². The molecule has 0 aliphatic carbocycles. The fraction of sp³-hybridized carbons (Fsp3) is 0.0500. The van der Waals surface area contributed by atoms with Crippen LogP contribution in [0, 0.1) is 11.3 Å². The summed E-state index contributed by atoms with van der Waals surface area (Å²) in [5, 5.41) is 9.50. The van der Waals surface area contributed by atoms with Gasteiger partial charge in [0.25, 0.3) is 0 Å². The standard InChI is InChI=1S/C20H14N4O2/c1-25-19-9-6-13(12-22-19)18-8-7-15(26-18)10-14(11-21)20-23-16-4-2-3-5-17(16)24-20/h2-10,12H,1H3,(H,23,24)/b14-10+. The van der Waals surface area contributed by atoms with Crippen molar-refractivity contribution >= 4 is 22.7 Å². The van der Waals surface area contributed by atoms with Crippen molar-refractivity contribution in [2.24, 2.45) is 0 Å². The molecule has 1 aromatic carbocycles. The normalized spacial score (nSPS) is 11.5. The van der Waals surface area contributed by atoms with E-state index in [0.717, 1.165) is 16.6 Å². The maximum Gasteiger partial charge on any atom is 0.212 e. The van der Waals surface area contributed by atoms with Gasteiger partial charge in [-0.1, -0.05) is 12.1 Å². The summed E-state index contributed by atoms with van der Waals surface area (Å²) in [6.45, 7) is 0. The Morgan fingerprint density at radius 3 is 2.81 bits per heavy atom. The summed E-state index contributed by atoms with van der Waals surface area (Å²) in [4.78, 5) is 11.8. The molecule has 6 heteroatoms. The number of furan rings is 1. The van der Waals surface area contributed by atoms with E-state index in [1.807, 2.05) is 36.4 Å². The zero-order chi connectivity index (χ0) is 17.9. The highest BCUT2D eigenvalue weighted by molar-refractivity contribution is 5.89. The highest BCUT2D eigenvalue weighted by atomic mass is 16.5. The van der Waals surface area contributed by atoms with Gasteiger partial charge in [-0.2, -0.15) is 5.26 Å². The van der Waals surface area contributed by atoms with Crippen LogP contribution < -0.4 is 4.74 Å². The number of benzene rings is 1. The van der Waals surface area contributed by atoms with Gasteiger partial charge in [-0.05, 0) is 30.3 Å². The van der Waals surface area contributed by atoms with Gasteiger partial charge in [0, 0.05) is 23.9 Å². The van der Waals surface area contributed by atoms with Gasteiger partial charge < -0.3 is 14.1 Å². The second kappa shape index (κ2) is 6.57. The summed E-state index contributed by atoms with van der Waals surface area (Å²) in [5.74, 6) is 2.27. The monoisotopic (exact) mass is 342 g/mol. The molecule has 0 aliphatic heterocycles. The maximum atomic E-state index is 9.50. The molecule has 4 rings (SSSR count). The first kappa shape index (κ1) is 15.7. The summed E-state index contributed by atoms with van der Waals surface area (Å²) < 4.78 is 10.9. The van der Waals surface area contributed by atoms with Crippen molar-refractivity contribution in [3.05, 3.63) is 66.3 Å². The van der Waals surface area contributed by atoms with E-state index in [1.54, 1.807) is 31.5 Å². The number of ether oxygens (including phenoxy) is 1. The molecule has 0 bridgehead atoms. The number of nitrogens with zero attached hydrogens (tertiary/aromatic N) is 3. The molecule has 0 spiro atoms. The Morgan fingerprint density at radius 2 is 2.08 bits per heavy atom. The molecule has 0 saturated carbocycles. The zero-order valence-electron chi connectivity index (χ0n) is 13.9. The summed E-state index contributed by atoms with van der Waals surface area (Å²) in [7, 11) is 1.57. The second-order valence-electron chi connectivity index (χ2n) is 5.56. The van der Waals surface area contributed by atoms with Crippen LogP contribution in [0.2, 0.25) is 0 Å². The number of nitriles is 1. The van der Waals surface area contributed by atoms with E-state index in [0.29, 0.717) is 28.8 Å². The highest BCUT2D eigenvalue weighted by Crippen LogP contribution is 2.25.